The van der Waals surface area contributed by atoms with Crippen LogP contribution < -0.4 is 11.0 Å². The Labute approximate surface area is 230 Å². The van der Waals surface area contributed by atoms with Crippen LogP contribution in [0, 0.1) is 30.3 Å². The lowest BCUT2D eigenvalue weighted by Crippen LogP contribution is -2.44. The number of halogens is 1. The number of aliphatic imine (C=N–C) groups is 2. The van der Waals surface area contributed by atoms with Crippen molar-refractivity contribution in [3.05, 3.63) is 107 Å². The summed E-state index contributed by atoms with van der Waals surface area (Å²) in [5.41, 5.74) is 0.893. The lowest BCUT2D eigenvalue weighted by Gasteiger charge is -2.18. The predicted molar refractivity (Wildman–Crippen MR) is 147 cm³/mol. The third kappa shape index (κ3) is 2.98. The van der Waals surface area contributed by atoms with E-state index in [9.17, 15) is 30.3 Å². The largest absolute Gasteiger partial charge is 0.499 e. The van der Waals surface area contributed by atoms with E-state index >= 15 is 0 Å². The number of nitro groups is 3. The summed E-state index contributed by atoms with van der Waals surface area (Å²) in [5, 5.41) is 36.6. The second-order valence-electron chi connectivity index (χ2n) is 9.40. The first-order chi connectivity index (χ1) is 19.7. The summed E-state index contributed by atoms with van der Waals surface area (Å²) in [6.45, 7) is 0. The van der Waals surface area contributed by atoms with E-state index < -0.39 is 21.2 Å². The molecular weight excluding hydrogens is 557 g/mol. The van der Waals surface area contributed by atoms with E-state index in [1.807, 2.05) is 0 Å². The van der Waals surface area contributed by atoms with Gasteiger partial charge in [-0.1, -0.05) is 0 Å². The number of hydrogen-bond acceptors (Lipinski definition) is 10. The smallest absolute Gasteiger partial charge is 0.319 e. The summed E-state index contributed by atoms with van der Waals surface area (Å²) in [6, 6.07) is 12.7. The van der Waals surface area contributed by atoms with Crippen molar-refractivity contribution < 1.29 is 14.8 Å². The number of fused-ring (bicyclic) bond motifs is 10. The molecule has 0 unspecified atom stereocenters. The van der Waals surface area contributed by atoms with Crippen molar-refractivity contribution in [1.29, 1.82) is 0 Å². The molecule has 0 saturated carbocycles. The zero-order valence-electron chi connectivity index (χ0n) is 20.1. The van der Waals surface area contributed by atoms with E-state index in [-0.39, 0.29) is 45.9 Å². The van der Waals surface area contributed by atoms with Crippen molar-refractivity contribution in [2.75, 3.05) is 0 Å². The maximum Gasteiger partial charge on any atom is 0.499 e. The fraction of sp³-hybridized carbons (Fsp3) is 0. The van der Waals surface area contributed by atoms with Crippen LogP contribution in [0.2, 0.25) is 0 Å². The van der Waals surface area contributed by atoms with Crippen molar-refractivity contribution in [2.24, 2.45) is 20.0 Å². The van der Waals surface area contributed by atoms with Gasteiger partial charge in [-0.3, -0.25) is 30.3 Å². The maximum atomic E-state index is 11.6. The van der Waals surface area contributed by atoms with E-state index in [2.05, 4.69) is 4.99 Å². The van der Waals surface area contributed by atoms with Gasteiger partial charge in [0.1, 0.15) is 22.6 Å². The monoisotopic (exact) mass is 565 g/mol. The van der Waals surface area contributed by atoms with Gasteiger partial charge >= 0.3 is 6.40 Å². The number of hydrogen-bond donors (Lipinski definition) is 0. The molecule has 15 nitrogen and oxygen atoms in total. The zero-order chi connectivity index (χ0) is 28.3. The van der Waals surface area contributed by atoms with Crippen LogP contribution in [0.4, 0.5) is 28.7 Å². The molecule has 5 heterocycles. The molecule has 0 amide bonds. The number of aromatic nitrogens is 2. The molecule has 0 spiro atoms. The first-order valence-corrected chi connectivity index (χ1v) is 12.3. The molecule has 4 bridgehead atoms. The molecule has 0 fully saturated rings. The van der Waals surface area contributed by atoms with Crippen LogP contribution in [0.3, 0.4) is 0 Å². The molecule has 0 saturated heterocycles. The average Bonchev–Trinajstić information content (AvgIpc) is 3.57. The van der Waals surface area contributed by atoms with Crippen molar-refractivity contribution >= 4 is 79.8 Å². The van der Waals surface area contributed by atoms with Crippen molar-refractivity contribution in [3.8, 4) is 0 Å². The Morgan fingerprint density at radius 3 is 1.85 bits per heavy atom. The number of nitro benzene ring substituents is 3. The SMILES string of the molecule is O=[N+]([O-])c1ccc2c(c1)C1=Nc3c4ccc([N+](=O)[O-])cc4c4n3B(Cl)n3c(c5ccc([N+](=O)[O-])cc5c3=N4)=NC2=N1. The Bertz CT molecular complexity index is 2340. The lowest BCUT2D eigenvalue weighted by molar-refractivity contribution is -0.385. The van der Waals surface area contributed by atoms with Gasteiger partial charge in [-0.25, -0.2) is 20.0 Å². The van der Waals surface area contributed by atoms with Crippen LogP contribution in [0.15, 0.2) is 74.6 Å². The molecule has 0 atom stereocenters. The lowest BCUT2D eigenvalue weighted by atomic mass is 10.1. The summed E-state index contributed by atoms with van der Waals surface area (Å²) in [7, 11) is 0. The zero-order valence-corrected chi connectivity index (χ0v) is 20.9. The minimum atomic E-state index is -1.04. The highest BCUT2D eigenvalue weighted by atomic mass is 35.5. The quantitative estimate of drug-likeness (QED) is 0.182. The molecule has 0 N–H and O–H groups in total. The van der Waals surface area contributed by atoms with Crippen LogP contribution in [0.5, 0.6) is 0 Å². The van der Waals surface area contributed by atoms with Gasteiger partial charge in [0.25, 0.3) is 17.1 Å². The second-order valence-corrected chi connectivity index (χ2v) is 9.79. The highest BCUT2D eigenvalue weighted by molar-refractivity contribution is 7.05. The van der Waals surface area contributed by atoms with Gasteiger partial charge in [-0.15, -0.1) is 11.5 Å². The van der Waals surface area contributed by atoms with Crippen LogP contribution in [0.25, 0.3) is 21.5 Å². The van der Waals surface area contributed by atoms with E-state index in [0.29, 0.717) is 38.2 Å². The highest BCUT2D eigenvalue weighted by Crippen LogP contribution is 2.42. The molecule has 41 heavy (non-hydrogen) atoms. The number of amidine groups is 2. The second kappa shape index (κ2) is 7.67. The Kier molecular flexibility index (Phi) is 4.33. The molecule has 196 valence electrons. The minimum absolute atomic E-state index is 0.137. The summed E-state index contributed by atoms with van der Waals surface area (Å²) in [5.74, 6) is 0.866. The third-order valence-corrected chi connectivity index (χ3v) is 7.66. The third-order valence-electron chi connectivity index (χ3n) is 7.27. The number of rotatable bonds is 3. The average molecular weight is 566 g/mol. The molecule has 17 heteroatoms. The minimum Gasteiger partial charge on any atom is -0.319 e. The highest BCUT2D eigenvalue weighted by Gasteiger charge is 2.36. The first-order valence-electron chi connectivity index (χ1n) is 11.9. The van der Waals surface area contributed by atoms with E-state index in [1.54, 1.807) is 15.0 Å². The van der Waals surface area contributed by atoms with Crippen LogP contribution in [-0.2, 0) is 0 Å². The Morgan fingerprint density at radius 2 is 1.15 bits per heavy atom. The Morgan fingerprint density at radius 1 is 0.585 bits per heavy atom. The maximum absolute atomic E-state index is 11.6. The number of nitrogens with zero attached hydrogens (tertiary/aromatic N) is 9. The Hall–Kier alpha value is -5.77. The Balaban J connectivity index is 1.60. The molecule has 3 aliphatic rings. The summed E-state index contributed by atoms with van der Waals surface area (Å²) in [6.07, 6.45) is -1.04. The summed E-state index contributed by atoms with van der Waals surface area (Å²) in [4.78, 5) is 52.2. The molecule has 0 aliphatic carbocycles. The van der Waals surface area contributed by atoms with Gasteiger partial charge in [0, 0.05) is 69.1 Å². The molecule has 5 aromatic rings. The van der Waals surface area contributed by atoms with Gasteiger partial charge in [-0.2, -0.15) is 0 Å². The van der Waals surface area contributed by atoms with Crippen LogP contribution >= 0.6 is 11.5 Å². The number of benzene rings is 3. The van der Waals surface area contributed by atoms with Crippen molar-refractivity contribution in [2.45, 2.75) is 0 Å². The summed E-state index contributed by atoms with van der Waals surface area (Å²) < 4.78 is 3.16. The predicted octanol–water partition coefficient (Wildman–Crippen LogP) is 3.68. The fourth-order valence-electron chi connectivity index (χ4n) is 5.46. The van der Waals surface area contributed by atoms with Gasteiger partial charge in [0.2, 0.25) is 0 Å². The molecule has 3 aliphatic heterocycles. The normalized spacial score (nSPS) is 14.2. The number of non-ortho nitro benzene ring substituents is 3. The molecule has 2 aromatic heterocycles. The van der Waals surface area contributed by atoms with E-state index in [0.717, 1.165) is 0 Å². The van der Waals surface area contributed by atoms with Crippen molar-refractivity contribution in [3.63, 3.8) is 0 Å². The first kappa shape index (κ1) is 23.2. The van der Waals surface area contributed by atoms with Gasteiger partial charge in [0.15, 0.2) is 11.7 Å². The van der Waals surface area contributed by atoms with Gasteiger partial charge in [0.05, 0.1) is 14.8 Å². The fourth-order valence-corrected chi connectivity index (χ4v) is 5.83. The van der Waals surface area contributed by atoms with Crippen LogP contribution in [-0.4, -0.2) is 41.8 Å². The molecular formula is C24H9BClN9O6. The standard InChI is InChI=1S/C24H9BClN9O6/c26-25-31-21-14-5-2-11(34(38)39)8-17(14)23(31)30-24-18-9-12(35(40)41)3-6-15(18)22(32(24)25)29-20-16-7-10(33(36)37)1-4-13(16)19(27-20)28-21/h1-9H. The molecule has 8 rings (SSSR count). The van der Waals surface area contributed by atoms with E-state index in [4.69, 9.17) is 26.4 Å². The van der Waals surface area contributed by atoms with Crippen molar-refractivity contribution in [1.82, 2.24) is 8.96 Å². The molecule has 0 radical (unpaired) electrons. The van der Waals surface area contributed by atoms with E-state index in [1.165, 1.54) is 48.5 Å². The molecule has 3 aromatic carbocycles. The van der Waals surface area contributed by atoms with Crippen LogP contribution in [0.1, 0.15) is 11.1 Å². The topological polar surface area (TPSA) is 189 Å². The van der Waals surface area contributed by atoms with Gasteiger partial charge in [-0.05, 0) is 18.2 Å². The van der Waals surface area contributed by atoms with Gasteiger partial charge < -0.3 is 8.96 Å². The summed E-state index contributed by atoms with van der Waals surface area (Å²) >= 11 is 7.11.